The van der Waals surface area contributed by atoms with Crippen LogP contribution in [0.25, 0.3) is 0 Å². The molecule has 0 fully saturated rings. The molecule has 0 aromatic rings. The third kappa shape index (κ3) is 5.26. The summed E-state index contributed by atoms with van der Waals surface area (Å²) in [7, 11) is 1.15. The number of halogens is 3. The van der Waals surface area contributed by atoms with Crippen LogP contribution < -0.4 is 4.84 Å². The zero-order chi connectivity index (χ0) is 9.61. The number of nitrogens with one attached hydrogen (secondary N) is 1. The Hall–Kier alpha value is -0.420. The molecular weight excluding hydrogens is 192 g/mol. The minimum Gasteiger partial charge on any atom is -0.469 e. The average molecular weight is 202 g/mol. The summed E-state index contributed by atoms with van der Waals surface area (Å²) >= 11 is 4.89. The van der Waals surface area contributed by atoms with Gasteiger partial charge in [0, 0.05) is 6.42 Å². The van der Waals surface area contributed by atoms with E-state index >= 15 is 0 Å². The molecule has 0 saturated carbocycles. The summed E-state index contributed by atoms with van der Waals surface area (Å²) in [5.74, 6) is -3.61. The lowest BCUT2D eigenvalue weighted by atomic mass is 10.2. The zero-order valence-corrected chi connectivity index (χ0v) is 7.33. The van der Waals surface area contributed by atoms with E-state index < -0.39 is 24.9 Å². The molecule has 0 rings (SSSR count). The number of hydrogen-bond donors (Lipinski definition) is 1. The van der Waals surface area contributed by atoms with Crippen LogP contribution in [0.5, 0.6) is 0 Å². The first-order chi connectivity index (χ1) is 5.52. The topological polar surface area (TPSA) is 38.3 Å². The summed E-state index contributed by atoms with van der Waals surface area (Å²) in [6.45, 7) is -0.647. The van der Waals surface area contributed by atoms with Gasteiger partial charge < -0.3 is 4.74 Å². The maximum atomic E-state index is 12.6. The maximum absolute atomic E-state index is 12.6. The fourth-order valence-corrected chi connectivity index (χ4v) is 0.769. The molecule has 0 aromatic carbocycles. The van der Waals surface area contributed by atoms with Crippen molar-refractivity contribution in [2.24, 2.45) is 0 Å². The fraction of sp³-hybridized carbons (Fsp3) is 0.833. The first-order valence-corrected chi connectivity index (χ1v) is 3.68. The normalized spacial score (nSPS) is 11.3. The van der Waals surface area contributed by atoms with Crippen LogP contribution in [0, 0.1) is 0 Å². The van der Waals surface area contributed by atoms with E-state index in [2.05, 4.69) is 4.74 Å². The van der Waals surface area contributed by atoms with Crippen molar-refractivity contribution in [2.75, 3.05) is 13.7 Å². The van der Waals surface area contributed by atoms with Crippen molar-refractivity contribution in [3.8, 4) is 0 Å². The molecule has 0 aliphatic carbocycles. The van der Waals surface area contributed by atoms with Crippen molar-refractivity contribution in [3.05, 3.63) is 0 Å². The van der Waals surface area contributed by atoms with E-state index in [0.717, 1.165) is 7.11 Å². The van der Waals surface area contributed by atoms with Crippen LogP contribution in [0.4, 0.5) is 8.78 Å². The second-order valence-electron chi connectivity index (χ2n) is 2.24. The first-order valence-electron chi connectivity index (χ1n) is 3.30. The van der Waals surface area contributed by atoms with E-state index in [1.807, 2.05) is 4.84 Å². The summed E-state index contributed by atoms with van der Waals surface area (Å²) in [4.78, 5) is 12.3. The highest BCUT2D eigenvalue weighted by Crippen LogP contribution is 2.19. The minimum absolute atomic E-state index is 0.304. The summed E-state index contributed by atoms with van der Waals surface area (Å²) in [6.07, 6.45) is -0.860. The van der Waals surface area contributed by atoms with Gasteiger partial charge in [0.05, 0.1) is 20.1 Å². The SMILES string of the molecule is COC(=O)CCC(F)(F)CNCl. The first kappa shape index (κ1) is 11.6. The highest BCUT2D eigenvalue weighted by atomic mass is 35.5. The smallest absolute Gasteiger partial charge is 0.305 e. The van der Waals surface area contributed by atoms with Gasteiger partial charge in [-0.25, -0.2) is 13.6 Å². The lowest BCUT2D eigenvalue weighted by Gasteiger charge is -2.13. The van der Waals surface area contributed by atoms with Gasteiger partial charge in [-0.2, -0.15) is 0 Å². The number of alkyl halides is 2. The molecule has 0 spiro atoms. The van der Waals surface area contributed by atoms with Crippen molar-refractivity contribution in [1.82, 2.24) is 4.84 Å². The second-order valence-corrected chi connectivity index (χ2v) is 2.51. The zero-order valence-electron chi connectivity index (χ0n) is 6.57. The molecule has 0 radical (unpaired) electrons. The van der Waals surface area contributed by atoms with Crippen LogP contribution in [-0.2, 0) is 9.53 Å². The molecule has 0 amide bonds. The number of esters is 1. The second kappa shape index (κ2) is 5.27. The lowest BCUT2D eigenvalue weighted by molar-refractivity contribution is -0.142. The molecule has 0 aliphatic rings. The Kier molecular flexibility index (Phi) is 5.08. The van der Waals surface area contributed by atoms with Gasteiger partial charge in [-0.3, -0.25) is 4.79 Å². The van der Waals surface area contributed by atoms with Crippen molar-refractivity contribution in [1.29, 1.82) is 0 Å². The Labute approximate surface area is 74.1 Å². The van der Waals surface area contributed by atoms with Crippen LogP contribution in [0.2, 0.25) is 0 Å². The van der Waals surface area contributed by atoms with Gasteiger partial charge in [-0.05, 0) is 11.8 Å². The van der Waals surface area contributed by atoms with Crippen molar-refractivity contribution in [2.45, 2.75) is 18.8 Å². The van der Waals surface area contributed by atoms with Crippen LogP contribution in [0.1, 0.15) is 12.8 Å². The summed E-state index contributed by atoms with van der Waals surface area (Å²) in [5.41, 5.74) is 0. The molecule has 0 bridgehead atoms. The van der Waals surface area contributed by atoms with Crippen LogP contribution in [-0.4, -0.2) is 25.5 Å². The third-order valence-corrected chi connectivity index (χ3v) is 1.38. The van der Waals surface area contributed by atoms with E-state index in [-0.39, 0.29) is 6.42 Å². The Morgan fingerprint density at radius 1 is 1.67 bits per heavy atom. The number of ether oxygens (including phenoxy) is 1. The van der Waals surface area contributed by atoms with E-state index in [0.29, 0.717) is 0 Å². The predicted octanol–water partition coefficient (Wildman–Crippen LogP) is 1.32. The third-order valence-electron chi connectivity index (χ3n) is 1.25. The summed E-state index contributed by atoms with van der Waals surface area (Å²) in [6, 6.07) is 0. The van der Waals surface area contributed by atoms with Gasteiger partial charge in [0.1, 0.15) is 0 Å². The van der Waals surface area contributed by atoms with Crippen molar-refractivity contribution >= 4 is 17.7 Å². The van der Waals surface area contributed by atoms with E-state index in [1.165, 1.54) is 0 Å². The average Bonchev–Trinajstić information content (AvgIpc) is 2.00. The van der Waals surface area contributed by atoms with Gasteiger partial charge in [0.15, 0.2) is 0 Å². The molecule has 72 valence electrons. The molecule has 12 heavy (non-hydrogen) atoms. The largest absolute Gasteiger partial charge is 0.469 e. The van der Waals surface area contributed by atoms with Gasteiger partial charge in [0.2, 0.25) is 0 Å². The molecule has 6 heteroatoms. The Bertz CT molecular complexity index is 154. The number of hydrogen-bond acceptors (Lipinski definition) is 3. The van der Waals surface area contributed by atoms with Crippen LogP contribution in [0.15, 0.2) is 0 Å². The number of carbonyl (C=O) groups excluding carboxylic acids is 1. The molecule has 0 aliphatic heterocycles. The summed E-state index contributed by atoms with van der Waals surface area (Å²) < 4.78 is 29.3. The monoisotopic (exact) mass is 201 g/mol. The Morgan fingerprint density at radius 2 is 2.25 bits per heavy atom. The van der Waals surface area contributed by atoms with Gasteiger partial charge in [-0.15, -0.1) is 0 Å². The summed E-state index contributed by atoms with van der Waals surface area (Å²) in [5, 5.41) is 0. The van der Waals surface area contributed by atoms with Crippen molar-refractivity contribution < 1.29 is 18.3 Å². The quantitative estimate of drug-likeness (QED) is 0.539. The predicted molar refractivity (Wildman–Crippen MR) is 40.1 cm³/mol. The van der Waals surface area contributed by atoms with Crippen LogP contribution in [0.3, 0.4) is 0 Å². The number of methoxy groups -OCH3 is 1. The molecule has 0 unspecified atom stereocenters. The molecule has 3 nitrogen and oxygen atoms in total. The Morgan fingerprint density at radius 3 is 2.67 bits per heavy atom. The van der Waals surface area contributed by atoms with Gasteiger partial charge in [0.25, 0.3) is 5.92 Å². The Balaban J connectivity index is 3.67. The number of carbonyl (C=O) groups is 1. The molecular formula is C6H10ClF2NO2. The van der Waals surface area contributed by atoms with Gasteiger partial charge in [-0.1, -0.05) is 0 Å². The van der Waals surface area contributed by atoms with E-state index in [1.54, 1.807) is 0 Å². The highest BCUT2D eigenvalue weighted by molar-refractivity contribution is 6.13. The molecule has 0 aromatic heterocycles. The van der Waals surface area contributed by atoms with E-state index in [4.69, 9.17) is 11.8 Å². The van der Waals surface area contributed by atoms with Crippen molar-refractivity contribution in [3.63, 3.8) is 0 Å². The number of rotatable bonds is 5. The fourth-order valence-electron chi connectivity index (χ4n) is 0.573. The standard InChI is InChI=1S/C6H10ClF2NO2/c1-12-5(11)2-3-6(8,9)4-10-7/h10H,2-4H2,1H3. The van der Waals surface area contributed by atoms with E-state index in [9.17, 15) is 13.6 Å². The highest BCUT2D eigenvalue weighted by Gasteiger charge is 2.28. The van der Waals surface area contributed by atoms with Gasteiger partial charge >= 0.3 is 5.97 Å². The molecule has 0 atom stereocenters. The lowest BCUT2D eigenvalue weighted by Crippen LogP contribution is -2.28. The molecule has 0 heterocycles. The maximum Gasteiger partial charge on any atom is 0.305 e. The van der Waals surface area contributed by atoms with Crippen LogP contribution >= 0.6 is 11.8 Å². The molecule has 0 saturated heterocycles. The minimum atomic E-state index is -2.96. The molecule has 1 N–H and O–H groups in total.